The van der Waals surface area contributed by atoms with Gasteiger partial charge < -0.3 is 14.5 Å². The highest BCUT2D eigenvalue weighted by molar-refractivity contribution is 7.99. The number of aromatic nitrogens is 1. The summed E-state index contributed by atoms with van der Waals surface area (Å²) >= 11 is 1.01. The van der Waals surface area contributed by atoms with Gasteiger partial charge in [0.1, 0.15) is 11.3 Å². The summed E-state index contributed by atoms with van der Waals surface area (Å²) < 4.78 is 48.7. The van der Waals surface area contributed by atoms with Gasteiger partial charge in [-0.25, -0.2) is 4.98 Å². The lowest BCUT2D eigenvalue weighted by molar-refractivity contribution is -0.150. The third kappa shape index (κ3) is 5.50. The van der Waals surface area contributed by atoms with Crippen LogP contribution in [-0.4, -0.2) is 28.7 Å². The maximum Gasteiger partial charge on any atom is 0.416 e. The fourth-order valence-corrected chi connectivity index (χ4v) is 2.96. The third-order valence-electron chi connectivity index (χ3n) is 3.72. The Morgan fingerprint density at radius 1 is 1.21 bits per heavy atom. The van der Waals surface area contributed by atoms with Gasteiger partial charge in [-0.1, -0.05) is 30.0 Å². The van der Waals surface area contributed by atoms with Gasteiger partial charge in [-0.05, 0) is 37.3 Å². The smallest absolute Gasteiger partial charge is 0.416 e. The molecule has 152 valence electrons. The molecule has 0 fully saturated rings. The standard InChI is InChI=1S/C19H15F3N2O4S/c1-11(17(26)23-13-6-4-5-12(9-13)19(20,21)22)27-16(25)10-29-18-24-14-7-2-3-8-15(14)28-18/h2-9,11H,10H2,1H3,(H,23,26). The van der Waals surface area contributed by atoms with Crippen LogP contribution in [0.2, 0.25) is 0 Å². The van der Waals surface area contributed by atoms with Gasteiger partial charge in [0.15, 0.2) is 11.7 Å². The zero-order valence-electron chi connectivity index (χ0n) is 15.0. The third-order valence-corrected chi connectivity index (χ3v) is 4.52. The number of hydrogen-bond donors (Lipinski definition) is 1. The van der Waals surface area contributed by atoms with E-state index in [1.807, 2.05) is 0 Å². The van der Waals surface area contributed by atoms with Crippen LogP contribution in [0.1, 0.15) is 12.5 Å². The van der Waals surface area contributed by atoms with E-state index in [1.165, 1.54) is 19.1 Å². The molecule has 0 spiro atoms. The molecule has 0 aliphatic heterocycles. The number of para-hydroxylation sites is 2. The number of fused-ring (bicyclic) bond motifs is 1. The summed E-state index contributed by atoms with van der Waals surface area (Å²) in [5.74, 6) is -1.58. The highest BCUT2D eigenvalue weighted by Gasteiger charge is 2.30. The second-order valence-corrected chi connectivity index (χ2v) is 6.86. The number of esters is 1. The van der Waals surface area contributed by atoms with Gasteiger partial charge in [-0.15, -0.1) is 0 Å². The van der Waals surface area contributed by atoms with E-state index in [-0.39, 0.29) is 16.7 Å². The number of hydrogen-bond acceptors (Lipinski definition) is 6. The van der Waals surface area contributed by atoms with Gasteiger partial charge >= 0.3 is 12.1 Å². The maximum absolute atomic E-state index is 12.7. The first-order chi connectivity index (χ1) is 13.7. The Hall–Kier alpha value is -3.01. The number of nitrogens with zero attached hydrogens (tertiary/aromatic N) is 1. The number of thioether (sulfide) groups is 1. The zero-order valence-corrected chi connectivity index (χ0v) is 15.8. The molecule has 29 heavy (non-hydrogen) atoms. The monoisotopic (exact) mass is 424 g/mol. The molecule has 1 atom stereocenters. The van der Waals surface area contributed by atoms with Crippen molar-refractivity contribution in [2.45, 2.75) is 24.4 Å². The van der Waals surface area contributed by atoms with Crippen molar-refractivity contribution in [2.75, 3.05) is 11.1 Å². The highest BCUT2D eigenvalue weighted by Crippen LogP contribution is 2.30. The lowest BCUT2D eigenvalue weighted by Crippen LogP contribution is -2.30. The molecule has 3 rings (SSSR count). The van der Waals surface area contributed by atoms with E-state index in [0.29, 0.717) is 11.1 Å². The predicted molar refractivity (Wildman–Crippen MR) is 100 cm³/mol. The maximum atomic E-state index is 12.7. The first-order valence-electron chi connectivity index (χ1n) is 8.38. The Morgan fingerprint density at radius 2 is 1.97 bits per heavy atom. The molecule has 1 heterocycles. The van der Waals surface area contributed by atoms with Gasteiger partial charge in [-0.2, -0.15) is 13.2 Å². The van der Waals surface area contributed by atoms with Crippen molar-refractivity contribution in [1.29, 1.82) is 0 Å². The number of carbonyl (C=O) groups excluding carboxylic acids is 2. The number of alkyl halides is 3. The van der Waals surface area contributed by atoms with Crippen LogP contribution in [0.5, 0.6) is 0 Å². The van der Waals surface area contributed by atoms with Crippen LogP contribution in [-0.2, 0) is 20.5 Å². The molecule has 3 aromatic rings. The quantitative estimate of drug-likeness (QED) is 0.463. The Morgan fingerprint density at radius 3 is 2.69 bits per heavy atom. The number of rotatable bonds is 6. The van der Waals surface area contributed by atoms with Crippen LogP contribution in [0.15, 0.2) is 58.2 Å². The molecule has 0 saturated heterocycles. The number of nitrogens with one attached hydrogen (secondary N) is 1. The summed E-state index contributed by atoms with van der Waals surface area (Å²) in [6, 6.07) is 11.3. The molecule has 0 aliphatic carbocycles. The van der Waals surface area contributed by atoms with Crippen LogP contribution in [0.3, 0.4) is 0 Å². The normalized spacial score (nSPS) is 12.6. The highest BCUT2D eigenvalue weighted by atomic mass is 32.2. The van der Waals surface area contributed by atoms with E-state index in [0.717, 1.165) is 23.9 Å². The summed E-state index contributed by atoms with van der Waals surface area (Å²) in [6.07, 6.45) is -5.72. The molecule has 1 N–H and O–H groups in total. The summed E-state index contributed by atoms with van der Waals surface area (Å²) in [6.45, 7) is 1.32. The molecule has 1 amide bonds. The number of benzene rings is 2. The molecule has 6 nitrogen and oxygen atoms in total. The fourth-order valence-electron chi connectivity index (χ4n) is 2.34. The second-order valence-electron chi connectivity index (χ2n) is 5.94. The minimum absolute atomic E-state index is 0.0476. The van der Waals surface area contributed by atoms with Gasteiger partial charge in [0.25, 0.3) is 11.1 Å². The minimum Gasteiger partial charge on any atom is -0.452 e. The Labute approximate surface area is 167 Å². The Kier molecular flexibility index (Phi) is 6.12. The van der Waals surface area contributed by atoms with E-state index in [4.69, 9.17) is 9.15 Å². The molecule has 1 unspecified atom stereocenters. The molecule has 0 bridgehead atoms. The molecule has 2 aromatic carbocycles. The van der Waals surface area contributed by atoms with Gasteiger partial charge in [0.05, 0.1) is 5.56 Å². The van der Waals surface area contributed by atoms with Crippen LogP contribution in [0.4, 0.5) is 18.9 Å². The predicted octanol–water partition coefficient (Wildman–Crippen LogP) is 4.51. The Balaban J connectivity index is 1.51. The van der Waals surface area contributed by atoms with E-state index >= 15 is 0 Å². The van der Waals surface area contributed by atoms with E-state index in [2.05, 4.69) is 10.3 Å². The van der Waals surface area contributed by atoms with Gasteiger partial charge in [0, 0.05) is 5.69 Å². The van der Waals surface area contributed by atoms with E-state index < -0.39 is 29.7 Å². The lowest BCUT2D eigenvalue weighted by Gasteiger charge is -2.14. The van der Waals surface area contributed by atoms with E-state index in [9.17, 15) is 22.8 Å². The molecule has 1 aromatic heterocycles. The van der Waals surface area contributed by atoms with Crippen molar-refractivity contribution < 1.29 is 31.9 Å². The largest absolute Gasteiger partial charge is 0.452 e. The summed E-state index contributed by atoms with van der Waals surface area (Å²) in [5, 5.41) is 2.58. The van der Waals surface area contributed by atoms with Crippen molar-refractivity contribution in [1.82, 2.24) is 4.98 Å². The molecule has 10 heteroatoms. The lowest BCUT2D eigenvalue weighted by atomic mass is 10.2. The second kappa shape index (κ2) is 8.56. The first kappa shape index (κ1) is 20.7. The average molecular weight is 424 g/mol. The molecule has 0 aliphatic rings. The number of anilines is 1. The minimum atomic E-state index is -4.53. The number of ether oxygens (including phenoxy) is 1. The van der Waals surface area contributed by atoms with E-state index in [1.54, 1.807) is 24.3 Å². The number of carbonyl (C=O) groups is 2. The van der Waals surface area contributed by atoms with Crippen molar-refractivity contribution in [2.24, 2.45) is 0 Å². The topological polar surface area (TPSA) is 81.4 Å². The summed E-state index contributed by atoms with van der Waals surface area (Å²) in [5.41, 5.74) is 0.289. The van der Waals surface area contributed by atoms with Crippen LogP contribution >= 0.6 is 11.8 Å². The average Bonchev–Trinajstić information content (AvgIpc) is 3.09. The molecular formula is C19H15F3N2O4S. The van der Waals surface area contributed by atoms with Crippen LogP contribution in [0.25, 0.3) is 11.1 Å². The Bertz CT molecular complexity index is 1000. The van der Waals surface area contributed by atoms with Crippen LogP contribution in [0, 0.1) is 0 Å². The summed E-state index contributed by atoms with van der Waals surface area (Å²) in [7, 11) is 0. The van der Waals surface area contributed by atoms with Crippen LogP contribution < -0.4 is 5.32 Å². The first-order valence-corrected chi connectivity index (χ1v) is 9.37. The van der Waals surface area contributed by atoms with Crippen molar-refractivity contribution in [3.63, 3.8) is 0 Å². The number of oxazole rings is 1. The summed E-state index contributed by atoms with van der Waals surface area (Å²) in [4.78, 5) is 28.2. The number of amides is 1. The van der Waals surface area contributed by atoms with Gasteiger partial charge in [0.2, 0.25) is 0 Å². The fraction of sp³-hybridized carbons (Fsp3) is 0.211. The van der Waals surface area contributed by atoms with Crippen molar-refractivity contribution >= 4 is 40.4 Å². The number of halogens is 3. The van der Waals surface area contributed by atoms with Gasteiger partial charge in [-0.3, -0.25) is 9.59 Å². The zero-order chi connectivity index (χ0) is 21.0. The van der Waals surface area contributed by atoms with Crippen molar-refractivity contribution in [3.8, 4) is 0 Å². The molecule has 0 radical (unpaired) electrons. The SMILES string of the molecule is CC(OC(=O)CSc1nc2ccccc2o1)C(=O)Nc1cccc(C(F)(F)F)c1. The molecular weight excluding hydrogens is 409 g/mol. The molecule has 0 saturated carbocycles. The van der Waals surface area contributed by atoms with Crippen molar-refractivity contribution in [3.05, 3.63) is 54.1 Å².